The molecule has 2 aromatic rings. The van der Waals surface area contributed by atoms with Crippen molar-refractivity contribution in [1.29, 1.82) is 0 Å². The van der Waals surface area contributed by atoms with Crippen LogP contribution in [0.3, 0.4) is 0 Å². The zero-order chi connectivity index (χ0) is 14.0. The number of carbonyl (C=O) groups excluding carboxylic acids is 1. The topological polar surface area (TPSA) is 55.1 Å². The molecule has 1 amide bonds. The van der Waals surface area contributed by atoms with E-state index in [1.807, 2.05) is 0 Å². The first-order chi connectivity index (χ1) is 8.99. The zero-order valence-electron chi connectivity index (χ0n) is 9.58. The van der Waals surface area contributed by atoms with Crippen molar-refractivity contribution in [3.8, 4) is 0 Å². The minimum absolute atomic E-state index is 0.0211. The number of carbonyl (C=O) groups is 1. The first-order valence-electron chi connectivity index (χ1n) is 5.29. The summed E-state index contributed by atoms with van der Waals surface area (Å²) in [5, 5.41) is 2.36. The predicted octanol–water partition coefficient (Wildman–Crippen LogP) is 3.45. The van der Waals surface area contributed by atoms with E-state index in [4.69, 9.17) is 17.3 Å². The summed E-state index contributed by atoms with van der Waals surface area (Å²) < 4.78 is 26.4. The van der Waals surface area contributed by atoms with Gasteiger partial charge in [0.05, 0.1) is 16.3 Å². The second-order valence-corrected chi connectivity index (χ2v) is 4.19. The molecule has 0 aliphatic carbocycles. The van der Waals surface area contributed by atoms with Gasteiger partial charge in [0.1, 0.15) is 11.6 Å². The molecule has 0 unspecified atom stereocenters. The summed E-state index contributed by atoms with van der Waals surface area (Å²) in [6, 6.07) is 7.30. The Bertz CT molecular complexity index is 626. The summed E-state index contributed by atoms with van der Waals surface area (Å²) >= 11 is 5.85. The summed E-state index contributed by atoms with van der Waals surface area (Å²) in [4.78, 5) is 12.0. The van der Waals surface area contributed by atoms with Crippen LogP contribution < -0.4 is 11.1 Å². The van der Waals surface area contributed by atoms with Gasteiger partial charge in [-0.05, 0) is 24.3 Å². The zero-order valence-corrected chi connectivity index (χ0v) is 10.3. The molecule has 0 radical (unpaired) electrons. The molecule has 0 heterocycles. The molecule has 0 aliphatic heterocycles. The van der Waals surface area contributed by atoms with Crippen molar-refractivity contribution in [3.63, 3.8) is 0 Å². The highest BCUT2D eigenvalue weighted by Crippen LogP contribution is 2.24. The molecule has 0 atom stereocenters. The Balaban J connectivity index is 2.34. The monoisotopic (exact) mass is 282 g/mol. The molecule has 0 fully saturated rings. The molecule has 0 aromatic heterocycles. The number of amides is 1. The van der Waals surface area contributed by atoms with Crippen LogP contribution >= 0.6 is 11.6 Å². The standard InChI is InChI=1S/C13H9ClF2N2O/c14-8-2-1-3-10(17)12(8)13(19)18-11-6-7(15)4-5-9(11)16/h1-6H,17H2,(H,18,19). The molecule has 2 aromatic carbocycles. The molecule has 6 heteroatoms. The van der Waals surface area contributed by atoms with Gasteiger partial charge >= 0.3 is 0 Å². The summed E-state index contributed by atoms with van der Waals surface area (Å²) in [6.45, 7) is 0. The average molecular weight is 283 g/mol. The van der Waals surface area contributed by atoms with Crippen LogP contribution in [0.25, 0.3) is 0 Å². The maximum absolute atomic E-state index is 13.4. The minimum atomic E-state index is -0.750. The lowest BCUT2D eigenvalue weighted by molar-refractivity contribution is 0.102. The van der Waals surface area contributed by atoms with E-state index in [0.717, 1.165) is 18.2 Å². The highest BCUT2D eigenvalue weighted by Gasteiger charge is 2.15. The van der Waals surface area contributed by atoms with Gasteiger partial charge in [0.25, 0.3) is 5.91 Å². The van der Waals surface area contributed by atoms with E-state index < -0.39 is 17.5 Å². The number of halogens is 3. The lowest BCUT2D eigenvalue weighted by atomic mass is 10.1. The molecular formula is C13H9ClF2N2O. The van der Waals surface area contributed by atoms with E-state index in [9.17, 15) is 13.6 Å². The van der Waals surface area contributed by atoms with E-state index in [0.29, 0.717) is 0 Å². The second-order valence-electron chi connectivity index (χ2n) is 3.78. The SMILES string of the molecule is Nc1cccc(Cl)c1C(=O)Nc1cc(F)ccc1F. The Morgan fingerprint density at radius 1 is 1.21 bits per heavy atom. The molecular weight excluding hydrogens is 274 g/mol. The van der Waals surface area contributed by atoms with E-state index >= 15 is 0 Å². The van der Waals surface area contributed by atoms with Gasteiger partial charge in [-0.3, -0.25) is 4.79 Å². The van der Waals surface area contributed by atoms with Crippen LogP contribution in [0.15, 0.2) is 36.4 Å². The number of nitrogens with one attached hydrogen (secondary N) is 1. The van der Waals surface area contributed by atoms with E-state index in [1.165, 1.54) is 12.1 Å². The Labute approximate surface area is 113 Å². The number of nitrogen functional groups attached to an aromatic ring is 1. The van der Waals surface area contributed by atoms with E-state index in [1.54, 1.807) is 6.07 Å². The van der Waals surface area contributed by atoms with Crippen molar-refractivity contribution in [2.45, 2.75) is 0 Å². The van der Waals surface area contributed by atoms with Crippen molar-refractivity contribution < 1.29 is 13.6 Å². The van der Waals surface area contributed by atoms with Crippen LogP contribution in [-0.4, -0.2) is 5.91 Å². The second kappa shape index (κ2) is 5.24. The molecule has 0 bridgehead atoms. The van der Waals surface area contributed by atoms with Crippen molar-refractivity contribution in [1.82, 2.24) is 0 Å². The Morgan fingerprint density at radius 3 is 2.63 bits per heavy atom. The van der Waals surface area contributed by atoms with Crippen LogP contribution in [0.2, 0.25) is 5.02 Å². The lowest BCUT2D eigenvalue weighted by Gasteiger charge is -2.09. The fourth-order valence-electron chi connectivity index (χ4n) is 1.56. The van der Waals surface area contributed by atoms with Crippen LogP contribution in [0.1, 0.15) is 10.4 Å². The van der Waals surface area contributed by atoms with Crippen molar-refractivity contribution >= 4 is 28.9 Å². The molecule has 0 spiro atoms. The number of hydrogen-bond acceptors (Lipinski definition) is 2. The first-order valence-corrected chi connectivity index (χ1v) is 5.67. The minimum Gasteiger partial charge on any atom is -0.398 e. The van der Waals surface area contributed by atoms with E-state index in [2.05, 4.69) is 5.32 Å². The molecule has 0 aliphatic rings. The quantitative estimate of drug-likeness (QED) is 0.829. The summed E-state index contributed by atoms with van der Waals surface area (Å²) in [6.07, 6.45) is 0. The smallest absolute Gasteiger partial charge is 0.259 e. The Kier molecular flexibility index (Phi) is 3.66. The van der Waals surface area contributed by atoms with Crippen LogP contribution in [0, 0.1) is 11.6 Å². The molecule has 98 valence electrons. The fraction of sp³-hybridized carbons (Fsp3) is 0. The van der Waals surface area contributed by atoms with E-state index in [-0.39, 0.29) is 22.0 Å². The fourth-order valence-corrected chi connectivity index (χ4v) is 1.83. The number of nitrogens with two attached hydrogens (primary N) is 1. The number of anilines is 2. The van der Waals surface area contributed by atoms with Gasteiger partial charge < -0.3 is 11.1 Å². The largest absolute Gasteiger partial charge is 0.398 e. The molecule has 0 saturated heterocycles. The summed E-state index contributed by atoms with van der Waals surface area (Å²) in [5.41, 5.74) is 5.53. The Morgan fingerprint density at radius 2 is 1.95 bits per heavy atom. The molecule has 3 N–H and O–H groups in total. The highest BCUT2D eigenvalue weighted by molar-refractivity contribution is 6.35. The third-order valence-electron chi connectivity index (χ3n) is 2.45. The third-order valence-corrected chi connectivity index (χ3v) is 2.76. The van der Waals surface area contributed by atoms with Crippen molar-refractivity contribution in [3.05, 3.63) is 58.6 Å². The van der Waals surface area contributed by atoms with Crippen molar-refractivity contribution in [2.24, 2.45) is 0 Å². The molecule has 3 nitrogen and oxygen atoms in total. The summed E-state index contributed by atoms with van der Waals surface area (Å²) in [5.74, 6) is -2.11. The normalized spacial score (nSPS) is 10.3. The van der Waals surface area contributed by atoms with Crippen LogP contribution in [0.4, 0.5) is 20.2 Å². The first kappa shape index (κ1) is 13.3. The number of hydrogen-bond donors (Lipinski definition) is 2. The third kappa shape index (κ3) is 2.82. The lowest BCUT2D eigenvalue weighted by Crippen LogP contribution is -2.15. The van der Waals surface area contributed by atoms with Gasteiger partial charge in [-0.25, -0.2) is 8.78 Å². The van der Waals surface area contributed by atoms with Gasteiger partial charge in [-0.15, -0.1) is 0 Å². The van der Waals surface area contributed by atoms with Crippen LogP contribution in [-0.2, 0) is 0 Å². The molecule has 2 rings (SSSR count). The maximum atomic E-state index is 13.4. The maximum Gasteiger partial charge on any atom is 0.259 e. The molecule has 19 heavy (non-hydrogen) atoms. The average Bonchev–Trinajstić information content (AvgIpc) is 2.33. The number of rotatable bonds is 2. The predicted molar refractivity (Wildman–Crippen MR) is 70.2 cm³/mol. The van der Waals surface area contributed by atoms with Gasteiger partial charge in [0.2, 0.25) is 0 Å². The number of benzene rings is 2. The highest BCUT2D eigenvalue weighted by atomic mass is 35.5. The summed E-state index contributed by atoms with van der Waals surface area (Å²) in [7, 11) is 0. The van der Waals surface area contributed by atoms with Gasteiger partial charge in [0.15, 0.2) is 0 Å². The van der Waals surface area contributed by atoms with Crippen LogP contribution in [0.5, 0.6) is 0 Å². The van der Waals surface area contributed by atoms with Crippen molar-refractivity contribution in [2.75, 3.05) is 11.1 Å². The Hall–Kier alpha value is -2.14. The van der Waals surface area contributed by atoms with Gasteiger partial charge in [-0.2, -0.15) is 0 Å². The van der Waals surface area contributed by atoms with Gasteiger partial charge in [-0.1, -0.05) is 17.7 Å². The van der Waals surface area contributed by atoms with Gasteiger partial charge in [0, 0.05) is 11.8 Å². The molecule has 0 saturated carbocycles.